The van der Waals surface area contributed by atoms with Crippen molar-refractivity contribution in [1.29, 1.82) is 0 Å². The number of carbonyl (C=O) groups excluding carboxylic acids is 2. The summed E-state index contributed by atoms with van der Waals surface area (Å²) in [5.74, 6) is -0.826. The lowest BCUT2D eigenvalue weighted by Crippen LogP contribution is -2.35. The number of likely N-dealkylation sites (tertiary alicyclic amines) is 1. The van der Waals surface area contributed by atoms with Crippen molar-refractivity contribution < 1.29 is 19.4 Å². The zero-order valence-corrected chi connectivity index (χ0v) is 18.7. The number of fused-ring (bicyclic) bond motifs is 1. The highest BCUT2D eigenvalue weighted by Crippen LogP contribution is 2.43. The van der Waals surface area contributed by atoms with Crippen molar-refractivity contribution >= 4 is 28.4 Å². The Kier molecular flexibility index (Phi) is 5.76. The molecule has 1 saturated heterocycles. The summed E-state index contributed by atoms with van der Waals surface area (Å²) in [6.07, 6.45) is 0. The SMILES string of the molecule is COc1ccc(/C(O)=C2\C(=O)C(=O)N(CCN(C)C)C2c2c(C)[nH]c3ccccc23)cc1. The van der Waals surface area contributed by atoms with Gasteiger partial charge in [0.05, 0.1) is 18.7 Å². The first-order valence-electron chi connectivity index (χ1n) is 10.5. The number of methoxy groups -OCH3 is 1. The normalized spacial score (nSPS) is 18.2. The summed E-state index contributed by atoms with van der Waals surface area (Å²) in [7, 11) is 5.39. The number of H-pyrrole nitrogens is 1. The second-order valence-electron chi connectivity index (χ2n) is 8.23. The number of hydrogen-bond donors (Lipinski definition) is 2. The zero-order valence-electron chi connectivity index (χ0n) is 18.7. The van der Waals surface area contributed by atoms with Gasteiger partial charge in [-0.25, -0.2) is 0 Å². The number of ketones is 1. The highest BCUT2D eigenvalue weighted by Gasteiger charge is 2.47. The maximum absolute atomic E-state index is 13.2. The molecule has 0 radical (unpaired) electrons. The third-order valence-electron chi connectivity index (χ3n) is 5.91. The number of Topliss-reactive ketones (excluding diaryl/α,β-unsaturated/α-hetero) is 1. The molecular weight excluding hydrogens is 406 g/mol. The predicted molar refractivity (Wildman–Crippen MR) is 124 cm³/mol. The highest BCUT2D eigenvalue weighted by molar-refractivity contribution is 6.46. The van der Waals surface area contributed by atoms with Crippen LogP contribution in [-0.2, 0) is 9.59 Å². The average molecular weight is 434 g/mol. The van der Waals surface area contributed by atoms with Crippen molar-refractivity contribution in [2.45, 2.75) is 13.0 Å². The zero-order chi connectivity index (χ0) is 23.0. The van der Waals surface area contributed by atoms with Gasteiger partial charge in [0.15, 0.2) is 0 Å². The molecule has 166 valence electrons. The van der Waals surface area contributed by atoms with Crippen LogP contribution in [-0.4, -0.2) is 65.9 Å². The van der Waals surface area contributed by atoms with Crippen molar-refractivity contribution in [2.75, 3.05) is 34.3 Å². The van der Waals surface area contributed by atoms with E-state index >= 15 is 0 Å². The van der Waals surface area contributed by atoms with Crippen LogP contribution < -0.4 is 4.74 Å². The monoisotopic (exact) mass is 433 g/mol. The quantitative estimate of drug-likeness (QED) is 0.353. The van der Waals surface area contributed by atoms with E-state index in [0.29, 0.717) is 24.4 Å². The molecule has 7 heteroatoms. The predicted octanol–water partition coefficient (Wildman–Crippen LogP) is 3.47. The lowest BCUT2D eigenvalue weighted by atomic mass is 9.93. The number of para-hydroxylation sites is 1. The summed E-state index contributed by atoms with van der Waals surface area (Å²) in [5, 5.41) is 12.1. The van der Waals surface area contributed by atoms with Crippen LogP contribution in [0, 0.1) is 6.92 Å². The van der Waals surface area contributed by atoms with Crippen LogP contribution in [0.15, 0.2) is 54.1 Å². The van der Waals surface area contributed by atoms with Crippen LogP contribution >= 0.6 is 0 Å². The Morgan fingerprint density at radius 3 is 2.47 bits per heavy atom. The number of likely N-dealkylation sites (N-methyl/N-ethyl adjacent to an activating group) is 1. The van der Waals surface area contributed by atoms with Crippen molar-refractivity contribution in [3.63, 3.8) is 0 Å². The molecule has 1 amide bonds. The van der Waals surface area contributed by atoms with Crippen LogP contribution in [0.1, 0.15) is 22.9 Å². The lowest BCUT2D eigenvalue weighted by molar-refractivity contribution is -0.140. The fourth-order valence-corrected chi connectivity index (χ4v) is 4.27. The number of nitrogens with zero attached hydrogens (tertiary/aromatic N) is 2. The molecule has 32 heavy (non-hydrogen) atoms. The van der Waals surface area contributed by atoms with Gasteiger partial charge in [0.2, 0.25) is 0 Å². The lowest BCUT2D eigenvalue weighted by Gasteiger charge is -2.27. The Morgan fingerprint density at radius 1 is 1.12 bits per heavy atom. The van der Waals surface area contributed by atoms with Gasteiger partial charge in [0.25, 0.3) is 11.7 Å². The molecule has 2 heterocycles. The number of rotatable bonds is 6. The first kappa shape index (κ1) is 21.6. The van der Waals surface area contributed by atoms with Gasteiger partial charge in [-0.15, -0.1) is 0 Å². The molecule has 1 aromatic heterocycles. The third kappa shape index (κ3) is 3.65. The van der Waals surface area contributed by atoms with E-state index in [4.69, 9.17) is 4.74 Å². The van der Waals surface area contributed by atoms with Gasteiger partial charge in [0.1, 0.15) is 11.5 Å². The highest BCUT2D eigenvalue weighted by atomic mass is 16.5. The minimum absolute atomic E-state index is 0.103. The van der Waals surface area contributed by atoms with Gasteiger partial charge in [0, 0.05) is 40.8 Å². The third-order valence-corrected chi connectivity index (χ3v) is 5.91. The summed E-state index contributed by atoms with van der Waals surface area (Å²) in [6, 6.07) is 13.9. The number of benzene rings is 2. The molecule has 2 N–H and O–H groups in total. The van der Waals surface area contributed by atoms with E-state index in [2.05, 4.69) is 4.98 Å². The maximum atomic E-state index is 13.2. The van der Waals surface area contributed by atoms with E-state index in [1.165, 1.54) is 0 Å². The molecule has 7 nitrogen and oxygen atoms in total. The minimum Gasteiger partial charge on any atom is -0.507 e. The summed E-state index contributed by atoms with van der Waals surface area (Å²) >= 11 is 0. The number of aliphatic hydroxyl groups is 1. The fourth-order valence-electron chi connectivity index (χ4n) is 4.27. The summed E-state index contributed by atoms with van der Waals surface area (Å²) < 4.78 is 5.19. The smallest absolute Gasteiger partial charge is 0.295 e. The first-order valence-corrected chi connectivity index (χ1v) is 10.5. The molecule has 1 aliphatic rings. The standard InChI is InChI=1S/C25H27N3O4/c1-15-20(18-7-5-6-8-19(18)26-15)22-21(23(29)16-9-11-17(32-4)12-10-16)24(30)25(31)28(22)14-13-27(2)3/h5-12,22,26,29H,13-14H2,1-4H3/b23-21+. The Balaban J connectivity index is 1.93. The second-order valence-corrected chi connectivity index (χ2v) is 8.23. The molecule has 0 bridgehead atoms. The Hall–Kier alpha value is -3.58. The number of aromatic amines is 1. The van der Waals surface area contributed by atoms with Crippen LogP contribution in [0.4, 0.5) is 0 Å². The van der Waals surface area contributed by atoms with E-state index in [1.807, 2.05) is 50.2 Å². The summed E-state index contributed by atoms with van der Waals surface area (Å²) in [4.78, 5) is 33.2. The van der Waals surface area contributed by atoms with Crippen molar-refractivity contribution in [2.24, 2.45) is 0 Å². The van der Waals surface area contributed by atoms with Gasteiger partial charge in [-0.1, -0.05) is 18.2 Å². The minimum atomic E-state index is -0.687. The fraction of sp³-hybridized carbons (Fsp3) is 0.280. The average Bonchev–Trinajstić information content (AvgIpc) is 3.24. The molecule has 1 fully saturated rings. The topological polar surface area (TPSA) is 85.9 Å². The number of aromatic nitrogens is 1. The molecule has 4 rings (SSSR count). The van der Waals surface area contributed by atoms with Gasteiger partial charge in [-0.3, -0.25) is 9.59 Å². The molecule has 0 spiro atoms. The van der Waals surface area contributed by atoms with Crippen molar-refractivity contribution in [3.8, 4) is 5.75 Å². The van der Waals surface area contributed by atoms with E-state index in [0.717, 1.165) is 22.2 Å². The Bertz CT molecular complexity index is 1210. The molecule has 1 atom stereocenters. The summed E-state index contributed by atoms with van der Waals surface area (Å²) in [6.45, 7) is 2.88. The molecule has 1 unspecified atom stereocenters. The number of aryl methyl sites for hydroxylation is 1. The van der Waals surface area contributed by atoms with Crippen molar-refractivity contribution in [1.82, 2.24) is 14.8 Å². The van der Waals surface area contributed by atoms with E-state index in [-0.39, 0.29) is 11.3 Å². The van der Waals surface area contributed by atoms with Gasteiger partial charge in [-0.05, 0) is 51.4 Å². The number of carbonyl (C=O) groups is 2. The number of amides is 1. The Morgan fingerprint density at radius 2 is 1.81 bits per heavy atom. The van der Waals surface area contributed by atoms with E-state index < -0.39 is 17.7 Å². The largest absolute Gasteiger partial charge is 0.507 e. The molecule has 0 saturated carbocycles. The van der Waals surface area contributed by atoms with Gasteiger partial charge >= 0.3 is 0 Å². The van der Waals surface area contributed by atoms with Crippen LogP contribution in [0.3, 0.4) is 0 Å². The van der Waals surface area contributed by atoms with Gasteiger partial charge in [-0.2, -0.15) is 0 Å². The molecular formula is C25H27N3O4. The molecule has 2 aromatic carbocycles. The molecule has 0 aliphatic carbocycles. The van der Waals surface area contributed by atoms with Crippen LogP contribution in [0.5, 0.6) is 5.75 Å². The number of nitrogens with one attached hydrogen (secondary N) is 1. The maximum Gasteiger partial charge on any atom is 0.295 e. The van der Waals surface area contributed by atoms with Gasteiger partial charge < -0.3 is 24.6 Å². The summed E-state index contributed by atoms with van der Waals surface area (Å²) in [5.41, 5.74) is 3.16. The number of hydrogen-bond acceptors (Lipinski definition) is 5. The molecule has 1 aliphatic heterocycles. The van der Waals surface area contributed by atoms with E-state index in [9.17, 15) is 14.7 Å². The Labute approximate surface area is 186 Å². The number of aliphatic hydroxyl groups excluding tert-OH is 1. The van der Waals surface area contributed by atoms with E-state index in [1.54, 1.807) is 36.3 Å². The number of ether oxygens (including phenoxy) is 1. The second kappa shape index (κ2) is 8.51. The van der Waals surface area contributed by atoms with Crippen molar-refractivity contribution in [3.05, 3.63) is 70.9 Å². The molecule has 3 aromatic rings. The van der Waals surface area contributed by atoms with Crippen LogP contribution in [0.25, 0.3) is 16.7 Å². The van der Waals surface area contributed by atoms with Crippen LogP contribution in [0.2, 0.25) is 0 Å². The first-order chi connectivity index (χ1) is 15.3.